The number of imidazole rings is 1. The Hall–Kier alpha value is -2.78. The largest absolute Gasteiger partial charge is 0.461 e. The highest BCUT2D eigenvalue weighted by molar-refractivity contribution is 7.98. The lowest BCUT2D eigenvalue weighted by Crippen LogP contribution is -2.19. The van der Waals surface area contributed by atoms with E-state index in [-0.39, 0.29) is 23.9 Å². The van der Waals surface area contributed by atoms with Crippen LogP contribution in [-0.2, 0) is 20.5 Å². The molecule has 3 aromatic rings. The Balaban J connectivity index is 2.06. The van der Waals surface area contributed by atoms with E-state index in [9.17, 15) is 13.2 Å². The third-order valence-electron chi connectivity index (χ3n) is 3.96. The van der Waals surface area contributed by atoms with Crippen LogP contribution in [0.15, 0.2) is 65.8 Å². The molecule has 0 fully saturated rings. The normalized spacial score (nSPS) is 11.2. The predicted octanol–water partition coefficient (Wildman–Crippen LogP) is 3.71. The van der Waals surface area contributed by atoms with Crippen LogP contribution in [0.4, 0.5) is 5.82 Å². The van der Waals surface area contributed by atoms with Crippen LogP contribution >= 0.6 is 11.8 Å². The third-order valence-corrected chi connectivity index (χ3v) is 5.82. The van der Waals surface area contributed by atoms with Gasteiger partial charge in [0.2, 0.25) is 10.0 Å². The number of rotatable bonds is 8. The number of para-hydroxylation sites is 1. The zero-order chi connectivity index (χ0) is 20.9. The first-order valence-corrected chi connectivity index (χ1v) is 11.8. The van der Waals surface area contributed by atoms with Crippen molar-refractivity contribution in [3.05, 3.63) is 71.9 Å². The molecule has 0 unspecified atom stereocenters. The first-order valence-electron chi connectivity index (χ1n) is 8.89. The Bertz CT molecular complexity index is 1080. The summed E-state index contributed by atoms with van der Waals surface area (Å²) in [7, 11) is -3.80. The van der Waals surface area contributed by atoms with Crippen LogP contribution in [0.25, 0.3) is 5.69 Å². The Morgan fingerprint density at radius 1 is 1.10 bits per heavy atom. The summed E-state index contributed by atoms with van der Waals surface area (Å²) in [6.45, 7) is 1.85. The molecule has 2 aromatic carbocycles. The quantitative estimate of drug-likeness (QED) is 0.432. The maximum Gasteiger partial charge on any atom is 0.359 e. The second kappa shape index (κ2) is 9.15. The lowest BCUT2D eigenvalue weighted by molar-refractivity contribution is 0.0517. The van der Waals surface area contributed by atoms with Gasteiger partial charge in [-0.25, -0.2) is 18.2 Å². The number of hydrogen-bond acceptors (Lipinski definition) is 6. The van der Waals surface area contributed by atoms with E-state index < -0.39 is 16.0 Å². The Morgan fingerprint density at radius 2 is 1.72 bits per heavy atom. The van der Waals surface area contributed by atoms with E-state index >= 15 is 0 Å². The average molecular weight is 432 g/mol. The maximum atomic E-state index is 12.7. The number of anilines is 1. The standard InChI is InChI=1S/C20H21N3O4S2/c1-3-27-19(24)17-18(22-29(25,26)14-15-10-6-4-7-11-15)21-20(28-2)23(17)16-12-8-5-9-13-16/h4-13,22H,3,14H2,1-2H3. The number of ether oxygens (including phenoxy) is 1. The molecule has 0 aliphatic heterocycles. The van der Waals surface area contributed by atoms with Crippen LogP contribution in [0.1, 0.15) is 23.0 Å². The first kappa shape index (κ1) is 20.9. The number of nitrogens with one attached hydrogen (secondary N) is 1. The van der Waals surface area contributed by atoms with Gasteiger partial charge < -0.3 is 4.74 Å². The monoisotopic (exact) mass is 431 g/mol. The van der Waals surface area contributed by atoms with Crippen molar-refractivity contribution in [2.24, 2.45) is 0 Å². The molecule has 0 amide bonds. The molecule has 0 aliphatic rings. The molecule has 0 atom stereocenters. The molecule has 3 rings (SSSR count). The summed E-state index contributed by atoms with van der Waals surface area (Å²) < 4.78 is 34.7. The van der Waals surface area contributed by atoms with Gasteiger partial charge in [0.15, 0.2) is 16.7 Å². The number of aromatic nitrogens is 2. The van der Waals surface area contributed by atoms with Crippen LogP contribution in [0, 0.1) is 0 Å². The summed E-state index contributed by atoms with van der Waals surface area (Å²) in [6.07, 6.45) is 1.80. The van der Waals surface area contributed by atoms with Crippen LogP contribution in [0.2, 0.25) is 0 Å². The van der Waals surface area contributed by atoms with E-state index in [1.165, 1.54) is 11.8 Å². The summed E-state index contributed by atoms with van der Waals surface area (Å²) in [4.78, 5) is 17.1. The zero-order valence-corrected chi connectivity index (χ0v) is 17.7. The van der Waals surface area contributed by atoms with Gasteiger partial charge in [0.25, 0.3) is 0 Å². The second-order valence-corrected chi connectivity index (χ2v) is 8.53. The number of sulfonamides is 1. The van der Waals surface area contributed by atoms with E-state index in [1.54, 1.807) is 42.0 Å². The van der Waals surface area contributed by atoms with Crippen molar-refractivity contribution in [1.29, 1.82) is 0 Å². The van der Waals surface area contributed by atoms with Crippen LogP contribution in [0.5, 0.6) is 0 Å². The van der Waals surface area contributed by atoms with Crippen LogP contribution in [0.3, 0.4) is 0 Å². The number of benzene rings is 2. The zero-order valence-electron chi connectivity index (χ0n) is 16.0. The number of esters is 1. The summed E-state index contributed by atoms with van der Waals surface area (Å²) in [5.74, 6) is -0.933. The molecule has 7 nitrogen and oxygen atoms in total. The van der Waals surface area contributed by atoms with Gasteiger partial charge in [0.05, 0.1) is 12.4 Å². The van der Waals surface area contributed by atoms with E-state index in [2.05, 4.69) is 9.71 Å². The number of carbonyl (C=O) groups excluding carboxylic acids is 1. The molecule has 29 heavy (non-hydrogen) atoms. The Labute approximate surface area is 174 Å². The molecule has 0 saturated carbocycles. The number of carbonyl (C=O) groups is 1. The summed E-state index contributed by atoms with van der Waals surface area (Å²) in [6, 6.07) is 17.9. The van der Waals surface area contributed by atoms with Crippen molar-refractivity contribution in [2.75, 3.05) is 17.6 Å². The second-order valence-electron chi connectivity index (χ2n) is 6.03. The molecule has 0 saturated heterocycles. The van der Waals surface area contributed by atoms with Crippen molar-refractivity contribution < 1.29 is 17.9 Å². The highest BCUT2D eigenvalue weighted by atomic mass is 32.2. The van der Waals surface area contributed by atoms with E-state index in [0.717, 1.165) is 0 Å². The fourth-order valence-corrected chi connectivity index (χ4v) is 4.49. The highest BCUT2D eigenvalue weighted by Gasteiger charge is 2.28. The van der Waals surface area contributed by atoms with Gasteiger partial charge >= 0.3 is 5.97 Å². The molecule has 0 aliphatic carbocycles. The molecule has 1 aromatic heterocycles. The van der Waals surface area contributed by atoms with Crippen molar-refractivity contribution in [1.82, 2.24) is 9.55 Å². The summed E-state index contributed by atoms with van der Waals surface area (Å²) in [5.41, 5.74) is 1.35. The van der Waals surface area contributed by atoms with Gasteiger partial charge in [-0.05, 0) is 30.9 Å². The minimum absolute atomic E-state index is 0.0408. The van der Waals surface area contributed by atoms with Gasteiger partial charge in [-0.1, -0.05) is 60.3 Å². The lowest BCUT2D eigenvalue weighted by Gasteiger charge is -2.12. The smallest absolute Gasteiger partial charge is 0.359 e. The van der Waals surface area contributed by atoms with Crippen LogP contribution < -0.4 is 4.72 Å². The topological polar surface area (TPSA) is 90.3 Å². The molecule has 1 heterocycles. The minimum atomic E-state index is -3.80. The molecule has 9 heteroatoms. The number of nitrogens with zero attached hydrogens (tertiary/aromatic N) is 2. The van der Waals surface area contributed by atoms with E-state index in [0.29, 0.717) is 16.4 Å². The van der Waals surface area contributed by atoms with E-state index in [4.69, 9.17) is 4.74 Å². The fourth-order valence-electron chi connectivity index (χ4n) is 2.79. The average Bonchev–Trinajstić information content (AvgIpc) is 3.06. The van der Waals surface area contributed by atoms with Crippen molar-refractivity contribution in [3.63, 3.8) is 0 Å². The predicted molar refractivity (Wildman–Crippen MR) is 114 cm³/mol. The van der Waals surface area contributed by atoms with Gasteiger partial charge in [-0.3, -0.25) is 9.29 Å². The summed E-state index contributed by atoms with van der Waals surface area (Å²) >= 11 is 1.30. The first-order chi connectivity index (χ1) is 13.9. The van der Waals surface area contributed by atoms with Crippen molar-refractivity contribution in [2.45, 2.75) is 17.8 Å². The van der Waals surface area contributed by atoms with E-state index in [1.807, 2.05) is 36.4 Å². The molecular weight excluding hydrogens is 410 g/mol. The molecular formula is C20H21N3O4S2. The molecule has 1 N–H and O–H groups in total. The van der Waals surface area contributed by atoms with Gasteiger partial charge in [0, 0.05) is 5.69 Å². The fraction of sp³-hybridized carbons (Fsp3) is 0.200. The third kappa shape index (κ3) is 4.99. The maximum absolute atomic E-state index is 12.7. The van der Waals surface area contributed by atoms with Gasteiger partial charge in [-0.2, -0.15) is 0 Å². The number of hydrogen-bond donors (Lipinski definition) is 1. The van der Waals surface area contributed by atoms with Crippen LogP contribution in [-0.4, -0.2) is 36.8 Å². The van der Waals surface area contributed by atoms with Gasteiger partial charge in [-0.15, -0.1) is 0 Å². The lowest BCUT2D eigenvalue weighted by atomic mass is 10.2. The summed E-state index contributed by atoms with van der Waals surface area (Å²) in [5, 5.41) is 0.469. The highest BCUT2D eigenvalue weighted by Crippen LogP contribution is 2.29. The molecule has 0 radical (unpaired) electrons. The Morgan fingerprint density at radius 3 is 2.31 bits per heavy atom. The SMILES string of the molecule is CCOC(=O)c1c(NS(=O)(=O)Cc2ccccc2)nc(SC)n1-c1ccccc1. The minimum Gasteiger partial charge on any atom is -0.461 e. The molecule has 152 valence electrons. The molecule has 0 bridgehead atoms. The Kier molecular flexibility index (Phi) is 6.60. The van der Waals surface area contributed by atoms with Gasteiger partial charge in [0.1, 0.15) is 0 Å². The molecule has 0 spiro atoms. The number of thioether (sulfide) groups is 1. The van der Waals surface area contributed by atoms with Crippen molar-refractivity contribution >= 4 is 33.6 Å². The van der Waals surface area contributed by atoms with Crippen molar-refractivity contribution in [3.8, 4) is 5.69 Å².